The van der Waals surface area contributed by atoms with Crippen molar-refractivity contribution in [3.63, 3.8) is 0 Å². The lowest BCUT2D eigenvalue weighted by Gasteiger charge is -2.49. The van der Waals surface area contributed by atoms with Crippen LogP contribution in [0.2, 0.25) is 0 Å². The molecule has 0 radical (unpaired) electrons. The van der Waals surface area contributed by atoms with Crippen molar-refractivity contribution in [3.8, 4) is 0 Å². The first-order chi connectivity index (χ1) is 8.89. The van der Waals surface area contributed by atoms with E-state index in [1.807, 2.05) is 0 Å². The molecule has 0 aromatic carbocycles. The SMILES string of the molecule is C1CCN(C2(CNC3COC3)CCCCC2)CC1. The number of hydrogen-bond acceptors (Lipinski definition) is 3. The molecule has 2 heterocycles. The van der Waals surface area contributed by atoms with Gasteiger partial charge in [-0.1, -0.05) is 25.7 Å². The zero-order valence-electron chi connectivity index (χ0n) is 11.6. The van der Waals surface area contributed by atoms with E-state index in [0.29, 0.717) is 11.6 Å². The van der Waals surface area contributed by atoms with E-state index in [4.69, 9.17) is 4.74 Å². The minimum atomic E-state index is 0.480. The third kappa shape index (κ3) is 2.73. The maximum absolute atomic E-state index is 5.28. The Morgan fingerprint density at radius 2 is 1.61 bits per heavy atom. The number of ether oxygens (including phenoxy) is 1. The van der Waals surface area contributed by atoms with Crippen LogP contribution in [0.15, 0.2) is 0 Å². The molecule has 1 aliphatic carbocycles. The molecule has 3 heteroatoms. The topological polar surface area (TPSA) is 24.5 Å². The van der Waals surface area contributed by atoms with Gasteiger partial charge in [-0.2, -0.15) is 0 Å². The molecule has 3 aliphatic rings. The van der Waals surface area contributed by atoms with Gasteiger partial charge < -0.3 is 10.1 Å². The molecule has 3 rings (SSSR count). The summed E-state index contributed by atoms with van der Waals surface area (Å²) in [4.78, 5) is 2.82. The fourth-order valence-corrected chi connectivity index (χ4v) is 3.87. The second-order valence-corrected chi connectivity index (χ2v) is 6.45. The van der Waals surface area contributed by atoms with Crippen LogP contribution >= 0.6 is 0 Å². The number of rotatable bonds is 4. The lowest BCUT2D eigenvalue weighted by molar-refractivity contribution is -0.0225. The van der Waals surface area contributed by atoms with Gasteiger partial charge in [-0.15, -0.1) is 0 Å². The fourth-order valence-electron chi connectivity index (χ4n) is 3.87. The zero-order chi connectivity index (χ0) is 12.3. The molecule has 2 aliphatic heterocycles. The van der Waals surface area contributed by atoms with E-state index in [1.54, 1.807) is 0 Å². The quantitative estimate of drug-likeness (QED) is 0.830. The van der Waals surface area contributed by atoms with Gasteiger partial charge in [-0.05, 0) is 38.8 Å². The lowest BCUT2D eigenvalue weighted by atomic mass is 9.79. The van der Waals surface area contributed by atoms with Crippen molar-refractivity contribution in [2.75, 3.05) is 32.8 Å². The van der Waals surface area contributed by atoms with Gasteiger partial charge in [0.1, 0.15) is 0 Å². The second kappa shape index (κ2) is 5.89. The summed E-state index contributed by atoms with van der Waals surface area (Å²) in [7, 11) is 0. The molecule has 0 spiro atoms. The maximum atomic E-state index is 5.28. The van der Waals surface area contributed by atoms with Crippen molar-refractivity contribution < 1.29 is 4.74 Å². The summed E-state index contributed by atoms with van der Waals surface area (Å²) >= 11 is 0. The first-order valence-electron chi connectivity index (χ1n) is 7.95. The molecule has 3 nitrogen and oxygen atoms in total. The van der Waals surface area contributed by atoms with Crippen LogP contribution in [0.4, 0.5) is 0 Å². The molecule has 0 unspecified atom stereocenters. The molecule has 1 N–H and O–H groups in total. The standard InChI is InChI=1S/C15H28N2O/c1-3-7-15(8-4-1,13-16-14-11-18-12-14)17-9-5-2-6-10-17/h14,16H,1-13H2. The van der Waals surface area contributed by atoms with Crippen molar-refractivity contribution in [1.29, 1.82) is 0 Å². The number of hydrogen-bond donors (Lipinski definition) is 1. The summed E-state index contributed by atoms with van der Waals surface area (Å²) in [5.74, 6) is 0. The van der Waals surface area contributed by atoms with Gasteiger partial charge in [0.15, 0.2) is 0 Å². The summed E-state index contributed by atoms with van der Waals surface area (Å²) in [6.45, 7) is 5.72. The van der Waals surface area contributed by atoms with Crippen LogP contribution in [0, 0.1) is 0 Å². The molecule has 0 atom stereocenters. The van der Waals surface area contributed by atoms with E-state index in [1.165, 1.54) is 71.0 Å². The van der Waals surface area contributed by atoms with Gasteiger partial charge >= 0.3 is 0 Å². The third-order valence-electron chi connectivity index (χ3n) is 5.17. The van der Waals surface area contributed by atoms with Crippen molar-refractivity contribution in [2.45, 2.75) is 62.9 Å². The summed E-state index contributed by atoms with van der Waals surface area (Å²) in [6, 6.07) is 0.633. The fraction of sp³-hybridized carbons (Fsp3) is 1.00. The van der Waals surface area contributed by atoms with Crippen LogP contribution in [0.1, 0.15) is 51.4 Å². The van der Waals surface area contributed by atoms with Crippen LogP contribution in [0.5, 0.6) is 0 Å². The van der Waals surface area contributed by atoms with Crippen LogP contribution in [0.3, 0.4) is 0 Å². The van der Waals surface area contributed by atoms with Crippen LogP contribution in [0.25, 0.3) is 0 Å². The molecule has 0 aromatic rings. The van der Waals surface area contributed by atoms with Crippen molar-refractivity contribution >= 4 is 0 Å². The number of likely N-dealkylation sites (tertiary alicyclic amines) is 1. The van der Waals surface area contributed by atoms with Crippen LogP contribution in [-0.2, 0) is 4.74 Å². The highest BCUT2D eigenvalue weighted by Crippen LogP contribution is 2.35. The molecular weight excluding hydrogens is 224 g/mol. The van der Waals surface area contributed by atoms with Gasteiger partial charge in [0.25, 0.3) is 0 Å². The third-order valence-corrected chi connectivity index (χ3v) is 5.17. The number of piperidine rings is 1. The summed E-state index contributed by atoms with van der Waals surface area (Å²) in [6.07, 6.45) is 11.4. The minimum absolute atomic E-state index is 0.480. The lowest BCUT2D eigenvalue weighted by Crippen LogP contribution is -2.60. The van der Waals surface area contributed by atoms with E-state index in [-0.39, 0.29) is 0 Å². The molecule has 18 heavy (non-hydrogen) atoms. The molecule has 0 bridgehead atoms. The molecule has 0 aromatic heterocycles. The Morgan fingerprint density at radius 1 is 0.944 bits per heavy atom. The first kappa shape index (κ1) is 12.9. The Hall–Kier alpha value is -0.120. The van der Waals surface area contributed by atoms with E-state index < -0.39 is 0 Å². The molecule has 3 fully saturated rings. The maximum Gasteiger partial charge on any atom is 0.0643 e. The van der Waals surface area contributed by atoms with Gasteiger partial charge in [-0.3, -0.25) is 4.90 Å². The summed E-state index contributed by atoms with van der Waals surface area (Å²) in [5, 5.41) is 3.76. The summed E-state index contributed by atoms with van der Waals surface area (Å²) in [5.41, 5.74) is 0.480. The molecule has 0 amide bonds. The van der Waals surface area contributed by atoms with E-state index in [9.17, 15) is 0 Å². The normalized spacial score (nSPS) is 30.0. The van der Waals surface area contributed by atoms with E-state index in [2.05, 4.69) is 10.2 Å². The smallest absolute Gasteiger partial charge is 0.0643 e. The van der Waals surface area contributed by atoms with Crippen LogP contribution < -0.4 is 5.32 Å². The van der Waals surface area contributed by atoms with E-state index in [0.717, 1.165) is 13.2 Å². The molecule has 104 valence electrons. The van der Waals surface area contributed by atoms with Crippen LogP contribution in [-0.4, -0.2) is 49.3 Å². The summed E-state index contributed by atoms with van der Waals surface area (Å²) < 4.78 is 5.28. The molecule has 2 saturated heterocycles. The molecular formula is C15H28N2O. The predicted molar refractivity (Wildman–Crippen MR) is 73.8 cm³/mol. The molecule has 1 saturated carbocycles. The highest BCUT2D eigenvalue weighted by Gasteiger charge is 2.38. The van der Waals surface area contributed by atoms with Crippen molar-refractivity contribution in [1.82, 2.24) is 10.2 Å². The Labute approximate surface area is 111 Å². The highest BCUT2D eigenvalue weighted by atomic mass is 16.5. The second-order valence-electron chi connectivity index (χ2n) is 6.45. The van der Waals surface area contributed by atoms with Gasteiger partial charge in [0, 0.05) is 12.1 Å². The highest BCUT2D eigenvalue weighted by molar-refractivity contribution is 4.97. The number of nitrogens with zero attached hydrogens (tertiary/aromatic N) is 1. The number of nitrogens with one attached hydrogen (secondary N) is 1. The zero-order valence-corrected chi connectivity index (χ0v) is 11.6. The minimum Gasteiger partial charge on any atom is -0.378 e. The van der Waals surface area contributed by atoms with E-state index >= 15 is 0 Å². The Bertz CT molecular complexity index is 253. The Morgan fingerprint density at radius 3 is 2.22 bits per heavy atom. The Balaban J connectivity index is 1.61. The average molecular weight is 252 g/mol. The predicted octanol–water partition coefficient (Wildman–Crippen LogP) is 2.16. The van der Waals surface area contributed by atoms with Gasteiger partial charge in [-0.25, -0.2) is 0 Å². The monoisotopic (exact) mass is 252 g/mol. The van der Waals surface area contributed by atoms with Gasteiger partial charge in [0.2, 0.25) is 0 Å². The largest absolute Gasteiger partial charge is 0.378 e. The Kier molecular flexibility index (Phi) is 4.22. The average Bonchev–Trinajstić information content (AvgIpc) is 2.39. The first-order valence-corrected chi connectivity index (χ1v) is 7.95. The van der Waals surface area contributed by atoms with Gasteiger partial charge in [0.05, 0.1) is 19.3 Å². The van der Waals surface area contributed by atoms with Crippen molar-refractivity contribution in [3.05, 3.63) is 0 Å². The van der Waals surface area contributed by atoms with Crippen molar-refractivity contribution in [2.24, 2.45) is 0 Å².